The van der Waals surface area contributed by atoms with Gasteiger partial charge in [0.1, 0.15) is 12.2 Å². The van der Waals surface area contributed by atoms with Crippen LogP contribution >= 0.6 is 0 Å². The standard InChI is InChI=1S/C21H28F2O12S/c1-4-14(31-5-2)34-19(26)15-10-8-11-16(15)20(27)35-18(11)17(10)33-13(25)7-6-12(24)32-9(3)21(22,23)36(28,29)30/h9-11,14-18H,4-8H2,1-3H3,(H,28,29,30). The van der Waals surface area contributed by atoms with E-state index in [4.69, 9.17) is 23.5 Å². The number of rotatable bonds is 12. The Morgan fingerprint density at radius 2 is 1.78 bits per heavy atom. The van der Waals surface area contributed by atoms with Gasteiger partial charge in [0.25, 0.3) is 0 Å². The molecule has 2 bridgehead atoms. The Hall–Kier alpha value is -2.39. The number of carbonyl (C=O) groups is 4. The SMILES string of the molecule is CCOC(CC)OC(=O)C1C2CC3C(OC(=O)C31)C2OC(=O)CCC(=O)OC(C)C(F)(F)S(=O)(=O)O. The quantitative estimate of drug-likeness (QED) is 0.162. The van der Waals surface area contributed by atoms with Gasteiger partial charge in [0.05, 0.1) is 24.7 Å². The largest absolute Gasteiger partial charge is 0.458 e. The number of halogens is 2. The van der Waals surface area contributed by atoms with E-state index in [1.165, 1.54) is 0 Å². The van der Waals surface area contributed by atoms with Crippen molar-refractivity contribution in [1.29, 1.82) is 0 Å². The highest BCUT2D eigenvalue weighted by Gasteiger charge is 2.70. The van der Waals surface area contributed by atoms with Gasteiger partial charge in [-0.25, -0.2) is 0 Å². The highest BCUT2D eigenvalue weighted by atomic mass is 32.2. The van der Waals surface area contributed by atoms with Crippen LogP contribution in [0.25, 0.3) is 0 Å². The average Bonchev–Trinajstić information content (AvgIpc) is 3.40. The summed E-state index contributed by atoms with van der Waals surface area (Å²) in [5, 5.41) is -4.74. The van der Waals surface area contributed by atoms with Gasteiger partial charge >= 0.3 is 39.2 Å². The van der Waals surface area contributed by atoms with Crippen LogP contribution in [0.3, 0.4) is 0 Å². The number of fused-ring (bicyclic) bond motifs is 1. The van der Waals surface area contributed by atoms with Gasteiger partial charge in [-0.2, -0.15) is 17.2 Å². The van der Waals surface area contributed by atoms with Gasteiger partial charge in [0, 0.05) is 24.9 Å². The van der Waals surface area contributed by atoms with Gasteiger partial charge in [0.15, 0.2) is 6.10 Å². The summed E-state index contributed by atoms with van der Waals surface area (Å²) in [6.07, 6.45) is -5.59. The molecule has 1 saturated heterocycles. The van der Waals surface area contributed by atoms with Crippen molar-refractivity contribution in [2.24, 2.45) is 23.7 Å². The summed E-state index contributed by atoms with van der Waals surface area (Å²) in [6.45, 7) is 4.37. The Labute approximate surface area is 205 Å². The highest BCUT2D eigenvalue weighted by molar-refractivity contribution is 7.86. The number of hydrogen-bond acceptors (Lipinski definition) is 11. The number of alkyl halides is 2. The molecule has 36 heavy (non-hydrogen) atoms. The predicted molar refractivity (Wildman–Crippen MR) is 111 cm³/mol. The average molecular weight is 543 g/mol. The van der Waals surface area contributed by atoms with Crippen LogP contribution < -0.4 is 0 Å². The van der Waals surface area contributed by atoms with E-state index >= 15 is 0 Å². The first-order valence-corrected chi connectivity index (χ1v) is 12.9. The van der Waals surface area contributed by atoms with Crippen molar-refractivity contribution in [2.75, 3.05) is 6.61 Å². The Balaban J connectivity index is 1.58. The fourth-order valence-electron chi connectivity index (χ4n) is 5.05. The first-order valence-electron chi connectivity index (χ1n) is 11.5. The lowest BCUT2D eigenvalue weighted by molar-refractivity contribution is -0.189. The molecular formula is C21H28F2O12S. The first kappa shape index (κ1) is 28.2. The van der Waals surface area contributed by atoms with E-state index in [-0.39, 0.29) is 5.92 Å². The predicted octanol–water partition coefficient (Wildman–Crippen LogP) is 1.21. The van der Waals surface area contributed by atoms with Crippen molar-refractivity contribution in [2.45, 2.75) is 76.3 Å². The molecule has 204 valence electrons. The monoisotopic (exact) mass is 542 g/mol. The molecule has 1 aliphatic heterocycles. The Kier molecular flexibility index (Phi) is 8.25. The second-order valence-corrected chi connectivity index (χ2v) is 10.4. The summed E-state index contributed by atoms with van der Waals surface area (Å²) >= 11 is 0. The number of carbonyl (C=O) groups excluding carboxylic acids is 4. The smallest absolute Gasteiger partial charge is 0.405 e. The minimum atomic E-state index is -5.82. The van der Waals surface area contributed by atoms with Gasteiger partial charge < -0.3 is 23.7 Å². The molecule has 2 saturated carbocycles. The molecule has 3 aliphatic rings. The van der Waals surface area contributed by atoms with Crippen molar-refractivity contribution in [3.8, 4) is 0 Å². The number of ether oxygens (including phenoxy) is 5. The highest BCUT2D eigenvalue weighted by Crippen LogP contribution is 2.59. The second kappa shape index (κ2) is 10.5. The summed E-state index contributed by atoms with van der Waals surface area (Å²) in [5.41, 5.74) is 0. The molecule has 8 atom stereocenters. The van der Waals surface area contributed by atoms with Gasteiger partial charge in [-0.15, -0.1) is 0 Å². The van der Waals surface area contributed by atoms with Crippen LogP contribution in [0.4, 0.5) is 8.78 Å². The second-order valence-electron chi connectivity index (χ2n) is 8.87. The Morgan fingerprint density at radius 1 is 1.14 bits per heavy atom. The molecular weight excluding hydrogens is 514 g/mol. The van der Waals surface area contributed by atoms with Crippen LogP contribution in [0.15, 0.2) is 0 Å². The molecule has 3 rings (SSSR count). The van der Waals surface area contributed by atoms with Crippen LogP contribution in [0.5, 0.6) is 0 Å². The fraction of sp³-hybridized carbons (Fsp3) is 0.810. The fourth-order valence-corrected chi connectivity index (χ4v) is 5.51. The Morgan fingerprint density at radius 3 is 2.36 bits per heavy atom. The Bertz CT molecular complexity index is 999. The number of esters is 4. The van der Waals surface area contributed by atoms with Crippen LogP contribution in [0, 0.1) is 23.7 Å². The van der Waals surface area contributed by atoms with Crippen LogP contribution in [-0.4, -0.2) is 73.3 Å². The minimum Gasteiger partial charge on any atom is -0.458 e. The summed E-state index contributed by atoms with van der Waals surface area (Å²) in [4.78, 5) is 49.5. The van der Waals surface area contributed by atoms with E-state index in [1.807, 2.05) is 0 Å². The zero-order valence-electron chi connectivity index (χ0n) is 19.8. The van der Waals surface area contributed by atoms with E-state index in [9.17, 15) is 36.4 Å². The molecule has 0 aromatic carbocycles. The molecule has 0 radical (unpaired) electrons. The molecule has 12 nitrogen and oxygen atoms in total. The first-order chi connectivity index (χ1) is 16.7. The lowest BCUT2D eigenvalue weighted by atomic mass is 9.78. The van der Waals surface area contributed by atoms with Crippen LogP contribution in [-0.2, 0) is 53.0 Å². The molecule has 0 aromatic rings. The molecule has 3 fully saturated rings. The van der Waals surface area contributed by atoms with Gasteiger partial charge in [-0.05, 0) is 20.3 Å². The van der Waals surface area contributed by atoms with Gasteiger partial charge in [0.2, 0.25) is 6.29 Å². The zero-order valence-corrected chi connectivity index (χ0v) is 20.6. The lowest BCUT2D eigenvalue weighted by Crippen LogP contribution is -2.44. The molecule has 1 heterocycles. The van der Waals surface area contributed by atoms with Crippen molar-refractivity contribution in [3.63, 3.8) is 0 Å². The minimum absolute atomic E-state index is 0.310. The molecule has 15 heteroatoms. The summed E-state index contributed by atoms with van der Waals surface area (Å²) in [6, 6.07) is 0. The normalized spacial score (nSPS) is 30.4. The third-order valence-corrected chi connectivity index (χ3v) is 7.70. The summed E-state index contributed by atoms with van der Waals surface area (Å²) in [7, 11) is -5.82. The maximum absolute atomic E-state index is 13.5. The molecule has 1 N–H and O–H groups in total. The molecule has 8 unspecified atom stereocenters. The van der Waals surface area contributed by atoms with Crippen molar-refractivity contribution in [3.05, 3.63) is 0 Å². The van der Waals surface area contributed by atoms with Crippen molar-refractivity contribution in [1.82, 2.24) is 0 Å². The maximum atomic E-state index is 13.5. The maximum Gasteiger partial charge on any atom is 0.405 e. The van der Waals surface area contributed by atoms with E-state index in [0.717, 1.165) is 0 Å². The molecule has 0 spiro atoms. The van der Waals surface area contributed by atoms with E-state index in [1.54, 1.807) is 13.8 Å². The van der Waals surface area contributed by atoms with E-state index in [0.29, 0.717) is 26.4 Å². The van der Waals surface area contributed by atoms with Crippen molar-refractivity contribution >= 4 is 34.0 Å². The lowest BCUT2D eigenvalue weighted by Gasteiger charge is -2.31. The molecule has 0 amide bonds. The van der Waals surface area contributed by atoms with Gasteiger partial charge in [-0.3, -0.25) is 23.7 Å². The van der Waals surface area contributed by atoms with Gasteiger partial charge in [-0.1, -0.05) is 6.92 Å². The van der Waals surface area contributed by atoms with Crippen LogP contribution in [0.1, 0.15) is 46.5 Å². The number of hydrogen-bond donors (Lipinski definition) is 1. The summed E-state index contributed by atoms with van der Waals surface area (Å²) in [5.74, 6) is -6.05. The van der Waals surface area contributed by atoms with Crippen molar-refractivity contribution < 1.29 is 64.6 Å². The summed E-state index contributed by atoms with van der Waals surface area (Å²) < 4.78 is 82.9. The van der Waals surface area contributed by atoms with E-state index < -0.39 is 94.4 Å². The van der Waals surface area contributed by atoms with Crippen LogP contribution in [0.2, 0.25) is 0 Å². The van der Waals surface area contributed by atoms with E-state index in [2.05, 4.69) is 4.74 Å². The third kappa shape index (κ3) is 5.32. The topological polar surface area (TPSA) is 169 Å². The molecule has 2 aliphatic carbocycles. The molecule has 0 aromatic heterocycles. The third-order valence-electron chi connectivity index (χ3n) is 6.68. The zero-order chi connectivity index (χ0) is 27.0.